The third-order valence-corrected chi connectivity index (χ3v) is 6.95. The first-order chi connectivity index (χ1) is 18.3. The lowest BCUT2D eigenvalue weighted by molar-refractivity contribution is -0.142. The molecule has 0 radical (unpaired) electrons. The van der Waals surface area contributed by atoms with Crippen LogP contribution in [0.2, 0.25) is 5.02 Å². The van der Waals surface area contributed by atoms with E-state index in [1.165, 1.54) is 0 Å². The van der Waals surface area contributed by atoms with E-state index in [1.54, 1.807) is 54.7 Å². The predicted molar refractivity (Wildman–Crippen MR) is 151 cm³/mol. The lowest BCUT2D eigenvalue weighted by atomic mass is 10.1. The second-order valence-electron chi connectivity index (χ2n) is 9.24. The largest absolute Gasteiger partial charge is 0.493 e. The van der Waals surface area contributed by atoms with Gasteiger partial charge in [-0.25, -0.2) is 0 Å². The van der Waals surface area contributed by atoms with Crippen molar-refractivity contribution in [1.82, 2.24) is 9.80 Å². The molecule has 1 aromatic heterocycles. The van der Waals surface area contributed by atoms with E-state index in [4.69, 9.17) is 25.8 Å². The molecule has 0 N–H and O–H groups in total. The van der Waals surface area contributed by atoms with Crippen molar-refractivity contribution in [1.29, 1.82) is 0 Å². The van der Waals surface area contributed by atoms with E-state index in [1.807, 2.05) is 54.5 Å². The van der Waals surface area contributed by atoms with Crippen LogP contribution >= 0.6 is 22.9 Å². The van der Waals surface area contributed by atoms with Gasteiger partial charge in [-0.15, -0.1) is 11.3 Å². The van der Waals surface area contributed by atoms with Crippen LogP contribution in [0.5, 0.6) is 17.2 Å². The van der Waals surface area contributed by atoms with Crippen molar-refractivity contribution < 1.29 is 23.8 Å². The molecule has 0 atom stereocenters. The molecule has 0 unspecified atom stereocenters. The Morgan fingerprint density at radius 3 is 2.32 bits per heavy atom. The second-order valence-corrected chi connectivity index (χ2v) is 10.7. The zero-order valence-electron chi connectivity index (χ0n) is 22.3. The third kappa shape index (κ3) is 8.96. The van der Waals surface area contributed by atoms with Crippen molar-refractivity contribution >= 4 is 34.8 Å². The Morgan fingerprint density at radius 1 is 0.947 bits per heavy atom. The Labute approximate surface area is 233 Å². The highest BCUT2D eigenvalue weighted by Crippen LogP contribution is 2.28. The molecular weight excluding hydrogens is 524 g/mol. The summed E-state index contributed by atoms with van der Waals surface area (Å²) >= 11 is 7.53. The lowest BCUT2D eigenvalue weighted by Gasteiger charge is -2.28. The number of thiophene rings is 1. The Kier molecular flexibility index (Phi) is 11.3. The summed E-state index contributed by atoms with van der Waals surface area (Å²) in [5, 5.41) is 2.59. The van der Waals surface area contributed by atoms with Gasteiger partial charge in [-0.3, -0.25) is 9.59 Å². The maximum atomic E-state index is 13.6. The van der Waals surface area contributed by atoms with E-state index in [0.29, 0.717) is 48.3 Å². The first kappa shape index (κ1) is 29.3. The molecule has 204 valence electrons. The van der Waals surface area contributed by atoms with Crippen LogP contribution in [0.3, 0.4) is 0 Å². The van der Waals surface area contributed by atoms with Gasteiger partial charge in [0, 0.05) is 23.0 Å². The van der Waals surface area contributed by atoms with Gasteiger partial charge in [-0.05, 0) is 65.7 Å². The molecule has 3 aromatic rings. The Bertz CT molecular complexity index is 1170. The molecule has 0 fully saturated rings. The van der Waals surface area contributed by atoms with Crippen LogP contribution in [0, 0.1) is 5.92 Å². The minimum absolute atomic E-state index is 0.0156. The van der Waals surface area contributed by atoms with Crippen LogP contribution < -0.4 is 14.2 Å². The van der Waals surface area contributed by atoms with Crippen molar-refractivity contribution in [3.05, 3.63) is 75.4 Å². The molecule has 3 rings (SSSR count). The molecular formula is C29H35ClN2O5S. The molecule has 0 saturated heterocycles. The van der Waals surface area contributed by atoms with Crippen molar-refractivity contribution in [3.63, 3.8) is 0 Å². The number of nitrogens with zero attached hydrogens (tertiary/aromatic N) is 2. The first-order valence-corrected chi connectivity index (χ1v) is 13.7. The zero-order chi connectivity index (χ0) is 27.5. The number of carbonyl (C=O) groups is 2. The van der Waals surface area contributed by atoms with Gasteiger partial charge in [0.25, 0.3) is 5.91 Å². The fraction of sp³-hybridized carbons (Fsp3) is 0.379. The highest BCUT2D eigenvalue weighted by molar-refractivity contribution is 7.09. The lowest BCUT2D eigenvalue weighted by Crippen LogP contribution is -2.46. The SMILES string of the molecule is COc1ccc(CCN(Cc2cccs2)C(=O)CN(CC(C)C)C(=O)COc2ccc(Cl)cc2)cc1OC. The molecule has 0 bridgehead atoms. The highest BCUT2D eigenvalue weighted by atomic mass is 35.5. The number of amides is 2. The van der Waals surface area contributed by atoms with Crippen molar-refractivity contribution in [2.24, 2.45) is 5.92 Å². The predicted octanol–water partition coefficient (Wildman–Crippen LogP) is 5.55. The summed E-state index contributed by atoms with van der Waals surface area (Å²) in [6.07, 6.45) is 0.634. The van der Waals surface area contributed by atoms with Crippen LogP contribution in [-0.4, -0.2) is 62.1 Å². The monoisotopic (exact) mass is 558 g/mol. The maximum absolute atomic E-state index is 13.6. The third-order valence-electron chi connectivity index (χ3n) is 5.84. The number of ether oxygens (including phenoxy) is 3. The van der Waals surface area contributed by atoms with E-state index in [-0.39, 0.29) is 30.9 Å². The van der Waals surface area contributed by atoms with Gasteiger partial charge < -0.3 is 24.0 Å². The van der Waals surface area contributed by atoms with Crippen molar-refractivity contribution in [3.8, 4) is 17.2 Å². The van der Waals surface area contributed by atoms with Gasteiger partial charge in [0.15, 0.2) is 18.1 Å². The summed E-state index contributed by atoms with van der Waals surface area (Å²) in [5.74, 6) is 1.70. The molecule has 9 heteroatoms. The smallest absolute Gasteiger partial charge is 0.260 e. The minimum Gasteiger partial charge on any atom is -0.493 e. The van der Waals surface area contributed by atoms with Crippen LogP contribution in [0.25, 0.3) is 0 Å². The highest BCUT2D eigenvalue weighted by Gasteiger charge is 2.23. The van der Waals surface area contributed by atoms with Crippen LogP contribution in [0.4, 0.5) is 0 Å². The molecule has 0 aliphatic heterocycles. The number of methoxy groups -OCH3 is 2. The van der Waals surface area contributed by atoms with Gasteiger partial charge in [0.2, 0.25) is 5.91 Å². The van der Waals surface area contributed by atoms with E-state index >= 15 is 0 Å². The Hall–Kier alpha value is -3.23. The maximum Gasteiger partial charge on any atom is 0.260 e. The standard InChI is InChI=1S/C29H35ClN2O5S/c1-21(2)17-32(29(34)20-37-24-10-8-23(30)9-11-24)19-28(33)31(18-25-6-5-15-38-25)14-13-22-7-12-26(35-3)27(16-22)36-4/h5-12,15-16,21H,13-14,17-20H2,1-4H3. The quantitative estimate of drug-likeness (QED) is 0.259. The fourth-order valence-electron chi connectivity index (χ4n) is 3.91. The molecule has 2 amide bonds. The number of rotatable bonds is 14. The average Bonchev–Trinajstić information content (AvgIpc) is 3.42. The number of hydrogen-bond donors (Lipinski definition) is 0. The topological polar surface area (TPSA) is 68.3 Å². The van der Waals surface area contributed by atoms with Crippen molar-refractivity contribution in [2.45, 2.75) is 26.8 Å². The summed E-state index contributed by atoms with van der Waals surface area (Å²) in [4.78, 5) is 31.1. The molecule has 2 aromatic carbocycles. The number of halogens is 1. The molecule has 38 heavy (non-hydrogen) atoms. The summed E-state index contributed by atoms with van der Waals surface area (Å²) in [6, 6.07) is 16.6. The van der Waals surface area contributed by atoms with E-state index in [9.17, 15) is 9.59 Å². The summed E-state index contributed by atoms with van der Waals surface area (Å²) in [6.45, 7) is 5.30. The van der Waals surface area contributed by atoms with Crippen LogP contribution in [0.1, 0.15) is 24.3 Å². The van der Waals surface area contributed by atoms with Crippen LogP contribution in [0.15, 0.2) is 60.0 Å². The number of carbonyl (C=O) groups excluding carboxylic acids is 2. The van der Waals surface area contributed by atoms with E-state index in [2.05, 4.69) is 0 Å². The molecule has 0 spiro atoms. The Morgan fingerprint density at radius 2 is 1.68 bits per heavy atom. The van der Waals surface area contributed by atoms with Gasteiger partial charge in [0.1, 0.15) is 5.75 Å². The molecule has 0 saturated carbocycles. The fourth-order valence-corrected chi connectivity index (χ4v) is 4.75. The Balaban J connectivity index is 1.70. The van der Waals surface area contributed by atoms with Gasteiger partial charge >= 0.3 is 0 Å². The summed E-state index contributed by atoms with van der Waals surface area (Å²) in [7, 11) is 3.20. The van der Waals surface area contributed by atoms with Crippen LogP contribution in [-0.2, 0) is 22.6 Å². The molecule has 0 aliphatic rings. The van der Waals surface area contributed by atoms with Gasteiger partial charge in [-0.2, -0.15) is 0 Å². The van der Waals surface area contributed by atoms with E-state index in [0.717, 1.165) is 10.4 Å². The first-order valence-electron chi connectivity index (χ1n) is 12.5. The summed E-state index contributed by atoms with van der Waals surface area (Å²) in [5.41, 5.74) is 1.03. The minimum atomic E-state index is -0.238. The van der Waals surface area contributed by atoms with E-state index < -0.39 is 0 Å². The zero-order valence-corrected chi connectivity index (χ0v) is 23.9. The molecule has 1 heterocycles. The average molecular weight is 559 g/mol. The second kappa shape index (κ2) is 14.6. The van der Waals surface area contributed by atoms with Gasteiger partial charge in [0.05, 0.1) is 27.3 Å². The summed E-state index contributed by atoms with van der Waals surface area (Å²) < 4.78 is 16.4. The molecule has 0 aliphatic carbocycles. The number of hydrogen-bond acceptors (Lipinski definition) is 6. The van der Waals surface area contributed by atoms with Crippen molar-refractivity contribution in [2.75, 3.05) is 40.5 Å². The normalized spacial score (nSPS) is 10.8. The number of benzene rings is 2. The van der Waals surface area contributed by atoms with Gasteiger partial charge in [-0.1, -0.05) is 37.6 Å². The molecule has 7 nitrogen and oxygen atoms in total.